The third-order valence-corrected chi connectivity index (χ3v) is 3.85. The SMILES string of the molecule is CCC=CC(CCCCCCC)CC(C)CCCl. The summed E-state index contributed by atoms with van der Waals surface area (Å²) in [5.41, 5.74) is 0. The number of hydrogen-bond donors (Lipinski definition) is 0. The molecule has 108 valence electrons. The van der Waals surface area contributed by atoms with Crippen molar-refractivity contribution in [2.24, 2.45) is 11.8 Å². The summed E-state index contributed by atoms with van der Waals surface area (Å²) in [7, 11) is 0. The first kappa shape index (κ1) is 18.0. The lowest BCUT2D eigenvalue weighted by Crippen LogP contribution is -2.05. The van der Waals surface area contributed by atoms with Crippen LogP contribution in [0.2, 0.25) is 0 Å². The molecule has 0 amide bonds. The van der Waals surface area contributed by atoms with E-state index in [0.29, 0.717) is 0 Å². The Balaban J connectivity index is 3.87. The molecule has 2 unspecified atom stereocenters. The third-order valence-electron chi connectivity index (χ3n) is 3.63. The summed E-state index contributed by atoms with van der Waals surface area (Å²) in [6.07, 6.45) is 16.8. The van der Waals surface area contributed by atoms with Crippen LogP contribution >= 0.6 is 11.6 Å². The minimum Gasteiger partial charge on any atom is -0.127 e. The number of hydrogen-bond acceptors (Lipinski definition) is 0. The molecule has 0 bridgehead atoms. The van der Waals surface area contributed by atoms with E-state index in [0.717, 1.165) is 30.6 Å². The summed E-state index contributed by atoms with van der Waals surface area (Å²) in [6.45, 7) is 6.84. The molecule has 0 heterocycles. The minimum atomic E-state index is 0.768. The monoisotopic (exact) mass is 272 g/mol. The smallest absolute Gasteiger partial charge is 0.0225 e. The van der Waals surface area contributed by atoms with E-state index in [4.69, 9.17) is 11.6 Å². The fourth-order valence-electron chi connectivity index (χ4n) is 2.45. The highest BCUT2D eigenvalue weighted by Gasteiger charge is 2.10. The van der Waals surface area contributed by atoms with Crippen molar-refractivity contribution >= 4 is 11.6 Å². The molecule has 0 aromatic heterocycles. The highest BCUT2D eigenvalue weighted by Crippen LogP contribution is 2.23. The third kappa shape index (κ3) is 11.1. The molecule has 0 fully saturated rings. The van der Waals surface area contributed by atoms with Gasteiger partial charge in [-0.3, -0.25) is 0 Å². The number of halogens is 1. The summed E-state index contributed by atoms with van der Waals surface area (Å²) < 4.78 is 0. The molecule has 0 aliphatic rings. The Bertz CT molecular complexity index is 186. The van der Waals surface area contributed by atoms with Crippen molar-refractivity contribution in [1.82, 2.24) is 0 Å². The Morgan fingerprint density at radius 2 is 1.72 bits per heavy atom. The van der Waals surface area contributed by atoms with Crippen LogP contribution in [0.1, 0.15) is 78.6 Å². The summed E-state index contributed by atoms with van der Waals surface area (Å²) in [4.78, 5) is 0. The van der Waals surface area contributed by atoms with Crippen molar-refractivity contribution in [2.45, 2.75) is 78.6 Å². The van der Waals surface area contributed by atoms with Crippen LogP contribution in [0, 0.1) is 11.8 Å². The van der Waals surface area contributed by atoms with Crippen molar-refractivity contribution in [3.63, 3.8) is 0 Å². The highest BCUT2D eigenvalue weighted by molar-refractivity contribution is 6.17. The fourth-order valence-corrected chi connectivity index (χ4v) is 2.82. The standard InChI is InChI=1S/C17H33Cl/c1-4-6-8-9-10-12-17(11-7-5-2)15-16(3)13-14-18/h7,11,16-17H,4-6,8-10,12-15H2,1-3H3. The molecule has 0 aliphatic carbocycles. The average molecular weight is 273 g/mol. The van der Waals surface area contributed by atoms with Gasteiger partial charge in [-0.1, -0.05) is 65.0 Å². The maximum Gasteiger partial charge on any atom is 0.0225 e. The van der Waals surface area contributed by atoms with Gasteiger partial charge in [-0.2, -0.15) is 0 Å². The summed E-state index contributed by atoms with van der Waals surface area (Å²) >= 11 is 5.83. The maximum atomic E-state index is 5.83. The first-order chi connectivity index (χ1) is 8.74. The molecule has 0 aromatic carbocycles. The van der Waals surface area contributed by atoms with Gasteiger partial charge in [0.05, 0.1) is 0 Å². The van der Waals surface area contributed by atoms with Gasteiger partial charge in [0.15, 0.2) is 0 Å². The van der Waals surface area contributed by atoms with E-state index in [1.54, 1.807) is 0 Å². The number of alkyl halides is 1. The quantitative estimate of drug-likeness (QED) is 0.214. The summed E-state index contributed by atoms with van der Waals surface area (Å²) in [5.74, 6) is 2.36. The molecule has 0 rings (SSSR count). The van der Waals surface area contributed by atoms with Gasteiger partial charge in [-0.25, -0.2) is 0 Å². The minimum absolute atomic E-state index is 0.768. The van der Waals surface area contributed by atoms with Gasteiger partial charge in [-0.15, -0.1) is 11.6 Å². The van der Waals surface area contributed by atoms with Crippen LogP contribution in [0.5, 0.6) is 0 Å². The number of allylic oxidation sites excluding steroid dienone is 2. The van der Waals surface area contributed by atoms with E-state index in [1.165, 1.54) is 44.9 Å². The van der Waals surface area contributed by atoms with Gasteiger partial charge in [0.2, 0.25) is 0 Å². The van der Waals surface area contributed by atoms with Crippen LogP contribution < -0.4 is 0 Å². The molecule has 2 atom stereocenters. The van der Waals surface area contributed by atoms with Crippen LogP contribution in [0.15, 0.2) is 12.2 Å². The lowest BCUT2D eigenvalue weighted by Gasteiger charge is -2.17. The normalized spacial score (nSPS) is 15.1. The molecule has 0 spiro atoms. The molecule has 0 saturated carbocycles. The molecule has 0 saturated heterocycles. The van der Waals surface area contributed by atoms with Crippen molar-refractivity contribution in [3.05, 3.63) is 12.2 Å². The van der Waals surface area contributed by atoms with E-state index in [1.807, 2.05) is 0 Å². The predicted octanol–water partition coefficient (Wildman–Crippen LogP) is 6.58. The Hall–Kier alpha value is 0.0300. The molecule has 0 N–H and O–H groups in total. The van der Waals surface area contributed by atoms with Gasteiger partial charge in [0, 0.05) is 5.88 Å². The van der Waals surface area contributed by atoms with E-state index >= 15 is 0 Å². The molecular weight excluding hydrogens is 240 g/mol. The predicted molar refractivity (Wildman–Crippen MR) is 85.4 cm³/mol. The summed E-state index contributed by atoms with van der Waals surface area (Å²) in [6, 6.07) is 0. The first-order valence-electron chi connectivity index (χ1n) is 7.97. The lowest BCUT2D eigenvalue weighted by atomic mass is 9.89. The maximum absolute atomic E-state index is 5.83. The lowest BCUT2D eigenvalue weighted by molar-refractivity contribution is 0.404. The molecule has 1 heteroatoms. The van der Waals surface area contributed by atoms with Crippen molar-refractivity contribution < 1.29 is 0 Å². The second kappa shape index (κ2) is 13.5. The second-order valence-corrected chi connectivity index (χ2v) is 6.00. The first-order valence-corrected chi connectivity index (χ1v) is 8.50. The van der Waals surface area contributed by atoms with Crippen LogP contribution in [0.4, 0.5) is 0 Å². The number of rotatable bonds is 12. The molecule has 0 nitrogen and oxygen atoms in total. The molecule has 0 aliphatic heterocycles. The van der Waals surface area contributed by atoms with Crippen LogP contribution in [0.25, 0.3) is 0 Å². The zero-order valence-electron chi connectivity index (χ0n) is 12.8. The fraction of sp³-hybridized carbons (Fsp3) is 0.882. The molecule has 0 aromatic rings. The van der Waals surface area contributed by atoms with E-state index in [-0.39, 0.29) is 0 Å². The second-order valence-electron chi connectivity index (χ2n) is 5.62. The zero-order valence-corrected chi connectivity index (χ0v) is 13.5. The van der Waals surface area contributed by atoms with Gasteiger partial charge in [0.25, 0.3) is 0 Å². The Morgan fingerprint density at radius 1 is 1.00 bits per heavy atom. The summed E-state index contributed by atoms with van der Waals surface area (Å²) in [5, 5.41) is 0. The van der Waals surface area contributed by atoms with Crippen LogP contribution in [-0.2, 0) is 0 Å². The van der Waals surface area contributed by atoms with Gasteiger partial charge in [-0.05, 0) is 37.5 Å². The Labute approximate surface area is 120 Å². The Morgan fingerprint density at radius 3 is 2.33 bits per heavy atom. The van der Waals surface area contributed by atoms with Crippen molar-refractivity contribution in [2.75, 3.05) is 5.88 Å². The molecule has 0 radical (unpaired) electrons. The van der Waals surface area contributed by atoms with E-state index < -0.39 is 0 Å². The highest BCUT2D eigenvalue weighted by atomic mass is 35.5. The van der Waals surface area contributed by atoms with Crippen LogP contribution in [-0.4, -0.2) is 5.88 Å². The largest absolute Gasteiger partial charge is 0.127 e. The van der Waals surface area contributed by atoms with Gasteiger partial charge < -0.3 is 0 Å². The van der Waals surface area contributed by atoms with Crippen molar-refractivity contribution in [3.8, 4) is 0 Å². The van der Waals surface area contributed by atoms with Crippen molar-refractivity contribution in [1.29, 1.82) is 0 Å². The molecular formula is C17H33Cl. The molecule has 18 heavy (non-hydrogen) atoms. The topological polar surface area (TPSA) is 0 Å². The van der Waals surface area contributed by atoms with Gasteiger partial charge >= 0.3 is 0 Å². The zero-order chi connectivity index (χ0) is 13.6. The van der Waals surface area contributed by atoms with Crippen LogP contribution in [0.3, 0.4) is 0 Å². The van der Waals surface area contributed by atoms with Gasteiger partial charge in [0.1, 0.15) is 0 Å². The van der Waals surface area contributed by atoms with E-state index in [2.05, 4.69) is 32.9 Å². The Kier molecular flexibility index (Phi) is 13.5. The number of unbranched alkanes of at least 4 members (excludes halogenated alkanes) is 4. The van der Waals surface area contributed by atoms with E-state index in [9.17, 15) is 0 Å². The average Bonchev–Trinajstić information content (AvgIpc) is 2.35.